The first kappa shape index (κ1) is 20.1. The number of fused-ring (bicyclic) bond motifs is 3. The number of thiophene rings is 1. The molecule has 0 saturated carbocycles. The zero-order valence-electron chi connectivity index (χ0n) is 16.8. The van der Waals surface area contributed by atoms with Crippen molar-refractivity contribution in [1.29, 1.82) is 0 Å². The van der Waals surface area contributed by atoms with E-state index in [9.17, 15) is 14.7 Å². The van der Waals surface area contributed by atoms with Crippen molar-refractivity contribution in [2.24, 2.45) is 0 Å². The third-order valence-corrected chi connectivity index (χ3v) is 6.67. The summed E-state index contributed by atoms with van der Waals surface area (Å²) in [5.41, 5.74) is 1.27. The van der Waals surface area contributed by atoms with Gasteiger partial charge in [-0.2, -0.15) is 0 Å². The number of aryl methyl sites for hydroxylation is 2. The van der Waals surface area contributed by atoms with Crippen LogP contribution in [0.15, 0.2) is 39.9 Å². The first-order chi connectivity index (χ1) is 13.9. The van der Waals surface area contributed by atoms with Gasteiger partial charge in [0.15, 0.2) is 0 Å². The first-order valence-corrected chi connectivity index (χ1v) is 10.8. The predicted molar refractivity (Wildman–Crippen MR) is 115 cm³/mol. The molecular formula is C22H26N2O4S. The normalized spacial score (nSPS) is 15.6. The third-order valence-electron chi connectivity index (χ3n) is 5.44. The molecule has 1 N–H and O–H groups in total. The van der Waals surface area contributed by atoms with Crippen LogP contribution in [0.4, 0.5) is 0 Å². The number of aliphatic hydroxyl groups excluding tert-OH is 1. The molecule has 3 aromatic rings. The Kier molecular flexibility index (Phi) is 5.46. The van der Waals surface area contributed by atoms with Gasteiger partial charge >= 0.3 is 5.69 Å². The van der Waals surface area contributed by atoms with E-state index in [-0.39, 0.29) is 30.0 Å². The quantitative estimate of drug-likeness (QED) is 0.673. The number of rotatable bonds is 6. The van der Waals surface area contributed by atoms with Crippen molar-refractivity contribution in [1.82, 2.24) is 9.13 Å². The Morgan fingerprint density at radius 3 is 2.62 bits per heavy atom. The van der Waals surface area contributed by atoms with Crippen molar-refractivity contribution in [2.45, 2.75) is 58.4 Å². The molecule has 0 spiro atoms. The lowest BCUT2D eigenvalue weighted by molar-refractivity contribution is -0.0379. The molecule has 0 saturated heterocycles. The van der Waals surface area contributed by atoms with Crippen LogP contribution >= 0.6 is 11.3 Å². The maximum absolute atomic E-state index is 13.3. The van der Waals surface area contributed by atoms with Crippen LogP contribution in [-0.4, -0.2) is 26.4 Å². The Balaban J connectivity index is 1.88. The highest BCUT2D eigenvalue weighted by molar-refractivity contribution is 7.18. The van der Waals surface area contributed by atoms with E-state index in [2.05, 4.69) is 0 Å². The number of nitrogens with zero attached hydrogens (tertiary/aromatic N) is 2. The Labute approximate surface area is 173 Å². The molecule has 0 amide bonds. The SMILES string of the molecule is CC1(C)Cc2c(sc3c2c(=O)n(CCCO)c(=O)n3CCc2ccccc2)CO1. The second-order valence-corrected chi connectivity index (χ2v) is 9.20. The molecule has 1 aromatic carbocycles. The van der Waals surface area contributed by atoms with Gasteiger partial charge in [-0.15, -0.1) is 11.3 Å². The van der Waals surface area contributed by atoms with E-state index in [1.165, 1.54) is 15.9 Å². The summed E-state index contributed by atoms with van der Waals surface area (Å²) in [5, 5.41) is 9.87. The summed E-state index contributed by atoms with van der Waals surface area (Å²) in [7, 11) is 0. The summed E-state index contributed by atoms with van der Waals surface area (Å²) in [6, 6.07) is 10.0. The zero-order valence-corrected chi connectivity index (χ0v) is 17.6. The van der Waals surface area contributed by atoms with Crippen molar-refractivity contribution in [3.05, 3.63) is 67.2 Å². The van der Waals surface area contributed by atoms with E-state index in [0.717, 1.165) is 20.8 Å². The Morgan fingerprint density at radius 2 is 1.90 bits per heavy atom. The van der Waals surface area contributed by atoms with Gasteiger partial charge in [-0.3, -0.25) is 13.9 Å². The molecule has 0 bridgehead atoms. The van der Waals surface area contributed by atoms with Crippen molar-refractivity contribution < 1.29 is 9.84 Å². The van der Waals surface area contributed by atoms with E-state index in [4.69, 9.17) is 4.74 Å². The van der Waals surface area contributed by atoms with Crippen molar-refractivity contribution >= 4 is 21.6 Å². The lowest BCUT2D eigenvalue weighted by Crippen LogP contribution is -2.41. The third kappa shape index (κ3) is 3.82. The average Bonchev–Trinajstić information content (AvgIpc) is 3.06. The first-order valence-electron chi connectivity index (χ1n) is 9.98. The molecule has 154 valence electrons. The Morgan fingerprint density at radius 1 is 1.14 bits per heavy atom. The molecule has 7 heteroatoms. The predicted octanol–water partition coefficient (Wildman–Crippen LogP) is 2.70. The van der Waals surface area contributed by atoms with E-state index in [0.29, 0.717) is 37.8 Å². The molecule has 2 aromatic heterocycles. The second-order valence-electron chi connectivity index (χ2n) is 8.11. The van der Waals surface area contributed by atoms with Crippen LogP contribution in [0.5, 0.6) is 0 Å². The Hall–Kier alpha value is -2.22. The highest BCUT2D eigenvalue weighted by Gasteiger charge is 2.31. The van der Waals surface area contributed by atoms with Crippen LogP contribution in [0.25, 0.3) is 10.2 Å². The van der Waals surface area contributed by atoms with Crippen LogP contribution in [-0.2, 0) is 37.3 Å². The van der Waals surface area contributed by atoms with Gasteiger partial charge in [0.2, 0.25) is 0 Å². The zero-order chi connectivity index (χ0) is 20.6. The lowest BCUT2D eigenvalue weighted by atomic mass is 9.94. The maximum atomic E-state index is 13.3. The topological polar surface area (TPSA) is 73.5 Å². The van der Waals surface area contributed by atoms with E-state index < -0.39 is 0 Å². The second kappa shape index (κ2) is 7.89. The van der Waals surface area contributed by atoms with Gasteiger partial charge in [-0.1, -0.05) is 30.3 Å². The molecule has 1 aliphatic rings. The van der Waals surface area contributed by atoms with Crippen LogP contribution in [0, 0.1) is 0 Å². The van der Waals surface area contributed by atoms with Gasteiger partial charge in [-0.25, -0.2) is 4.79 Å². The molecule has 0 atom stereocenters. The van der Waals surface area contributed by atoms with Gasteiger partial charge in [0.25, 0.3) is 5.56 Å². The van der Waals surface area contributed by atoms with Gasteiger partial charge in [0.1, 0.15) is 4.83 Å². The number of aliphatic hydroxyl groups is 1. The van der Waals surface area contributed by atoms with Crippen LogP contribution in [0.1, 0.15) is 36.3 Å². The number of ether oxygens (including phenoxy) is 1. The maximum Gasteiger partial charge on any atom is 0.332 e. The van der Waals surface area contributed by atoms with E-state index >= 15 is 0 Å². The molecule has 1 aliphatic heterocycles. The highest BCUT2D eigenvalue weighted by Crippen LogP contribution is 2.37. The fraction of sp³-hybridized carbons (Fsp3) is 0.455. The minimum atomic E-state index is -0.339. The molecule has 0 unspecified atom stereocenters. The van der Waals surface area contributed by atoms with Crippen LogP contribution < -0.4 is 11.2 Å². The molecular weight excluding hydrogens is 388 g/mol. The Bertz CT molecular complexity index is 1140. The van der Waals surface area contributed by atoms with Gasteiger partial charge in [-0.05, 0) is 37.8 Å². The van der Waals surface area contributed by atoms with Crippen molar-refractivity contribution in [3.8, 4) is 0 Å². The number of hydrogen-bond acceptors (Lipinski definition) is 5. The van der Waals surface area contributed by atoms with Crippen molar-refractivity contribution in [2.75, 3.05) is 6.61 Å². The summed E-state index contributed by atoms with van der Waals surface area (Å²) in [6.45, 7) is 5.17. The molecule has 0 fully saturated rings. The largest absolute Gasteiger partial charge is 0.396 e. The standard InChI is InChI=1S/C22H26N2O4S/c1-22(2)13-16-17(14-28-22)29-20-18(16)19(26)23(10-6-12-25)21(27)24(20)11-9-15-7-4-3-5-8-15/h3-5,7-8,25H,6,9-14H2,1-2H3. The van der Waals surface area contributed by atoms with E-state index in [1.54, 1.807) is 4.57 Å². The summed E-state index contributed by atoms with van der Waals surface area (Å²) < 4.78 is 8.96. The summed E-state index contributed by atoms with van der Waals surface area (Å²) in [4.78, 5) is 28.2. The summed E-state index contributed by atoms with van der Waals surface area (Å²) in [6.07, 6.45) is 1.73. The molecule has 3 heterocycles. The minimum Gasteiger partial charge on any atom is -0.396 e. The molecule has 0 radical (unpaired) electrons. The number of aromatic nitrogens is 2. The smallest absolute Gasteiger partial charge is 0.332 e. The fourth-order valence-corrected chi connectivity index (χ4v) is 5.15. The van der Waals surface area contributed by atoms with Crippen molar-refractivity contribution in [3.63, 3.8) is 0 Å². The van der Waals surface area contributed by atoms with Gasteiger partial charge < -0.3 is 9.84 Å². The summed E-state index contributed by atoms with van der Waals surface area (Å²) >= 11 is 1.50. The molecule has 4 rings (SSSR count). The van der Waals surface area contributed by atoms with Crippen LogP contribution in [0.2, 0.25) is 0 Å². The summed E-state index contributed by atoms with van der Waals surface area (Å²) in [5.74, 6) is 0. The van der Waals surface area contributed by atoms with E-state index in [1.807, 2.05) is 44.2 Å². The fourth-order valence-electron chi connectivity index (χ4n) is 3.91. The van der Waals surface area contributed by atoms with Crippen LogP contribution in [0.3, 0.4) is 0 Å². The number of benzene rings is 1. The van der Waals surface area contributed by atoms with Gasteiger partial charge in [0, 0.05) is 31.0 Å². The lowest BCUT2D eigenvalue weighted by Gasteiger charge is -2.29. The monoisotopic (exact) mass is 414 g/mol. The highest BCUT2D eigenvalue weighted by atomic mass is 32.1. The minimum absolute atomic E-state index is 0.0590. The molecule has 0 aliphatic carbocycles. The average molecular weight is 415 g/mol. The molecule has 29 heavy (non-hydrogen) atoms. The van der Waals surface area contributed by atoms with Gasteiger partial charge in [0.05, 0.1) is 17.6 Å². The number of hydrogen-bond donors (Lipinski definition) is 1. The molecule has 6 nitrogen and oxygen atoms in total.